The van der Waals surface area contributed by atoms with Crippen molar-refractivity contribution in [1.82, 2.24) is 4.90 Å². The van der Waals surface area contributed by atoms with Gasteiger partial charge in [0.1, 0.15) is 11.5 Å². The number of fused-ring (bicyclic) bond motifs is 6. The molecule has 6 atom stereocenters. The van der Waals surface area contributed by atoms with Gasteiger partial charge in [0.2, 0.25) is 0 Å². The second-order valence-electron chi connectivity index (χ2n) is 13.7. The molecule has 1 unspecified atom stereocenters. The highest BCUT2D eigenvalue weighted by atomic mass is 35.5. The van der Waals surface area contributed by atoms with E-state index in [1.165, 1.54) is 62.9 Å². The number of rotatable bonds is 7. The molecule has 0 bridgehead atoms. The third-order valence-corrected chi connectivity index (χ3v) is 12.2. The molecule has 2 heterocycles. The topological polar surface area (TPSA) is 41.9 Å². The maximum atomic E-state index is 10.4. The summed E-state index contributed by atoms with van der Waals surface area (Å²) in [5.41, 5.74) is 3.88. The lowest BCUT2D eigenvalue weighted by molar-refractivity contribution is -0.101. The van der Waals surface area contributed by atoms with Crippen LogP contribution in [0.5, 0.6) is 11.5 Å². The highest BCUT2D eigenvalue weighted by Crippen LogP contribution is 2.69. The van der Waals surface area contributed by atoms with Gasteiger partial charge in [-0.25, -0.2) is 0 Å². The Hall–Kier alpha value is -2.01. The van der Waals surface area contributed by atoms with Gasteiger partial charge in [-0.15, -0.1) is 0 Å². The molecule has 5 aliphatic rings. The number of nitrogens with zero attached hydrogens (tertiary/aromatic N) is 1. The fourth-order valence-electron chi connectivity index (χ4n) is 9.70. The summed E-state index contributed by atoms with van der Waals surface area (Å²) in [6, 6.07) is 13.0. The molecule has 1 N–H and O–H groups in total. The number of benzene rings is 2. The summed E-state index contributed by atoms with van der Waals surface area (Å²) in [5, 5.41) is 11.0. The van der Waals surface area contributed by atoms with E-state index >= 15 is 0 Å². The molecule has 3 fully saturated rings. The standard InChI is InChI=1S/C36H46ClNO3/c1-35-24-30(25-8-10-26(11-9-25)40-22-6-5-21-38-19-3-2-4-20-38)33-27-14-15-32(39)34(37)28(27)12-13-29(33)31(35)16-18-36(35)17-7-23-41-36/h7-11,14-15,17,29-31,33,39H,2-6,12-13,16,18-24H2,1H3/t29-,30+,31-,33+,35-,36?/m0/s1. The molecule has 2 saturated carbocycles. The third-order valence-electron chi connectivity index (χ3n) is 11.7. The van der Waals surface area contributed by atoms with Crippen molar-refractivity contribution in [2.24, 2.45) is 17.3 Å². The van der Waals surface area contributed by atoms with Crippen LogP contribution in [-0.4, -0.2) is 48.5 Å². The summed E-state index contributed by atoms with van der Waals surface area (Å²) in [4.78, 5) is 2.61. The molecule has 5 heteroatoms. The smallest absolute Gasteiger partial charge is 0.134 e. The van der Waals surface area contributed by atoms with E-state index in [1.807, 2.05) is 6.07 Å². The van der Waals surface area contributed by atoms with Gasteiger partial charge < -0.3 is 19.5 Å². The van der Waals surface area contributed by atoms with Crippen LogP contribution in [0.2, 0.25) is 5.02 Å². The molecule has 0 radical (unpaired) electrons. The molecule has 0 amide bonds. The van der Waals surface area contributed by atoms with E-state index in [9.17, 15) is 5.11 Å². The van der Waals surface area contributed by atoms with E-state index in [4.69, 9.17) is 21.1 Å². The van der Waals surface area contributed by atoms with Crippen LogP contribution >= 0.6 is 11.6 Å². The van der Waals surface area contributed by atoms with Gasteiger partial charge >= 0.3 is 0 Å². The summed E-state index contributed by atoms with van der Waals surface area (Å²) in [6.07, 6.45) is 16.6. The zero-order valence-corrected chi connectivity index (χ0v) is 25.4. The van der Waals surface area contributed by atoms with Crippen LogP contribution in [0, 0.1) is 17.3 Å². The van der Waals surface area contributed by atoms with Gasteiger partial charge in [-0.1, -0.05) is 55.3 Å². The van der Waals surface area contributed by atoms with Crippen LogP contribution in [0.15, 0.2) is 48.6 Å². The predicted molar refractivity (Wildman–Crippen MR) is 165 cm³/mol. The molecule has 4 nitrogen and oxygen atoms in total. The minimum atomic E-state index is -0.134. The molecule has 2 aromatic carbocycles. The van der Waals surface area contributed by atoms with Crippen LogP contribution in [0.3, 0.4) is 0 Å². The number of halogens is 1. The normalized spacial score (nSPS) is 34.4. The van der Waals surface area contributed by atoms with Crippen molar-refractivity contribution in [3.8, 4) is 11.5 Å². The maximum Gasteiger partial charge on any atom is 0.134 e. The van der Waals surface area contributed by atoms with Crippen molar-refractivity contribution in [2.75, 3.05) is 32.8 Å². The first-order chi connectivity index (χ1) is 20.0. The number of aromatic hydroxyl groups is 1. The lowest BCUT2D eigenvalue weighted by atomic mass is 9.49. The second-order valence-corrected chi connectivity index (χ2v) is 14.1. The van der Waals surface area contributed by atoms with Crippen molar-refractivity contribution in [3.63, 3.8) is 0 Å². The number of hydrogen-bond donors (Lipinski definition) is 1. The Morgan fingerprint density at radius 3 is 2.66 bits per heavy atom. The van der Waals surface area contributed by atoms with Crippen LogP contribution in [-0.2, 0) is 11.2 Å². The molecule has 220 valence electrons. The van der Waals surface area contributed by atoms with Crippen LogP contribution in [0.4, 0.5) is 0 Å². The van der Waals surface area contributed by atoms with Gasteiger partial charge in [0.15, 0.2) is 0 Å². The summed E-state index contributed by atoms with van der Waals surface area (Å²) in [7, 11) is 0. The fourth-order valence-corrected chi connectivity index (χ4v) is 9.97. The first-order valence-electron chi connectivity index (χ1n) is 16.3. The monoisotopic (exact) mass is 575 g/mol. The Morgan fingerprint density at radius 2 is 1.88 bits per heavy atom. The maximum absolute atomic E-state index is 10.4. The summed E-state index contributed by atoms with van der Waals surface area (Å²) in [5.74, 6) is 3.16. The van der Waals surface area contributed by atoms with Gasteiger partial charge in [0, 0.05) is 5.41 Å². The Labute approximate surface area is 251 Å². The van der Waals surface area contributed by atoms with Crippen molar-refractivity contribution >= 4 is 11.6 Å². The number of phenols is 1. The summed E-state index contributed by atoms with van der Waals surface area (Å²) in [6.45, 7) is 7.78. The van der Waals surface area contributed by atoms with Gasteiger partial charge in [-0.2, -0.15) is 0 Å². The van der Waals surface area contributed by atoms with E-state index in [0.29, 0.717) is 28.7 Å². The fraction of sp³-hybridized carbons (Fsp3) is 0.611. The molecular formula is C36H46ClNO3. The van der Waals surface area contributed by atoms with Crippen LogP contribution in [0.25, 0.3) is 0 Å². The molecule has 41 heavy (non-hydrogen) atoms. The lowest BCUT2D eigenvalue weighted by Crippen LogP contribution is -2.52. The Morgan fingerprint density at radius 1 is 1.05 bits per heavy atom. The Kier molecular flexibility index (Phi) is 7.62. The molecule has 7 rings (SSSR count). The second kappa shape index (κ2) is 11.2. The van der Waals surface area contributed by atoms with Crippen molar-refractivity contribution in [1.29, 1.82) is 0 Å². The highest BCUT2D eigenvalue weighted by Gasteiger charge is 2.64. The van der Waals surface area contributed by atoms with Crippen molar-refractivity contribution < 1.29 is 14.6 Å². The molecule has 3 aliphatic carbocycles. The molecule has 1 saturated heterocycles. The largest absolute Gasteiger partial charge is 0.506 e. The average molecular weight is 576 g/mol. The zero-order valence-electron chi connectivity index (χ0n) is 24.6. The number of phenolic OH excluding ortho intramolecular Hbond substituents is 1. The van der Waals surface area contributed by atoms with E-state index in [0.717, 1.165) is 56.6 Å². The number of hydrogen-bond acceptors (Lipinski definition) is 4. The number of piperidine rings is 1. The lowest BCUT2D eigenvalue weighted by Gasteiger charge is -2.56. The molecule has 1 spiro atoms. The van der Waals surface area contributed by atoms with E-state index in [1.54, 1.807) is 0 Å². The molecule has 0 aromatic heterocycles. The minimum Gasteiger partial charge on any atom is -0.506 e. The Bertz CT molecular complexity index is 1270. The highest BCUT2D eigenvalue weighted by molar-refractivity contribution is 6.32. The first-order valence-corrected chi connectivity index (χ1v) is 16.6. The van der Waals surface area contributed by atoms with E-state index in [2.05, 4.69) is 54.3 Å². The first kappa shape index (κ1) is 27.8. The van der Waals surface area contributed by atoms with Gasteiger partial charge in [0.25, 0.3) is 0 Å². The van der Waals surface area contributed by atoms with Gasteiger partial charge in [-0.05, 0) is 136 Å². The zero-order chi connectivity index (χ0) is 28.0. The third kappa shape index (κ3) is 4.82. The van der Waals surface area contributed by atoms with Crippen molar-refractivity contribution in [3.05, 3.63) is 70.3 Å². The minimum absolute atomic E-state index is 0.105. The number of likely N-dealkylation sites (tertiary alicyclic amines) is 1. The van der Waals surface area contributed by atoms with Crippen molar-refractivity contribution in [2.45, 2.75) is 88.6 Å². The Balaban J connectivity index is 1.12. The summed E-state index contributed by atoms with van der Waals surface area (Å²) >= 11 is 6.71. The van der Waals surface area contributed by atoms with Crippen LogP contribution in [0.1, 0.15) is 93.2 Å². The molecular weight excluding hydrogens is 530 g/mol. The van der Waals surface area contributed by atoms with Gasteiger partial charge in [-0.3, -0.25) is 0 Å². The molecule has 2 aromatic rings. The molecule has 2 aliphatic heterocycles. The summed E-state index contributed by atoms with van der Waals surface area (Å²) < 4.78 is 12.8. The predicted octanol–water partition coefficient (Wildman–Crippen LogP) is 8.27. The quantitative estimate of drug-likeness (QED) is 0.266. The van der Waals surface area contributed by atoms with Crippen LogP contribution < -0.4 is 4.74 Å². The van der Waals surface area contributed by atoms with Gasteiger partial charge in [0.05, 0.1) is 23.8 Å². The average Bonchev–Trinajstić information content (AvgIpc) is 3.60. The number of unbranched alkanes of at least 4 members (excludes halogenated alkanes) is 1. The van der Waals surface area contributed by atoms with E-state index in [-0.39, 0.29) is 16.8 Å². The number of ether oxygens (including phenoxy) is 2. The van der Waals surface area contributed by atoms with E-state index < -0.39 is 0 Å². The SMILES string of the molecule is C[C@]12C[C@H](c3ccc(OCCCCN4CCCCC4)cc3)[C@@H]3c4ccc(O)c(Cl)c4CC[C@H]3[C@@H]1CCC21C=CCO1.